The molecule has 0 aliphatic carbocycles. The van der Waals surface area contributed by atoms with Crippen LogP contribution in [-0.2, 0) is 4.79 Å². The van der Waals surface area contributed by atoms with Gasteiger partial charge in [-0.2, -0.15) is 0 Å². The van der Waals surface area contributed by atoms with Gasteiger partial charge in [0.25, 0.3) is 0 Å². The summed E-state index contributed by atoms with van der Waals surface area (Å²) in [5.74, 6) is 0.558. The van der Waals surface area contributed by atoms with Crippen molar-refractivity contribution in [1.82, 2.24) is 0 Å². The third kappa shape index (κ3) is 5.25. The predicted molar refractivity (Wildman–Crippen MR) is 97.4 cm³/mol. The summed E-state index contributed by atoms with van der Waals surface area (Å²) < 4.78 is 0. The highest BCUT2D eigenvalue weighted by molar-refractivity contribution is 8.00. The van der Waals surface area contributed by atoms with Crippen LogP contribution in [0.3, 0.4) is 0 Å². The number of benzene rings is 2. The first-order valence-electron chi connectivity index (χ1n) is 7.50. The number of thioether (sulfide) groups is 1. The fourth-order valence-electron chi connectivity index (χ4n) is 2.18. The number of rotatable bonds is 6. The summed E-state index contributed by atoms with van der Waals surface area (Å²) in [5, 5.41) is 2.83. The zero-order valence-corrected chi connectivity index (χ0v) is 14.5. The lowest BCUT2D eigenvalue weighted by atomic mass is 10.0. The normalized spacial score (nSPS) is 10.4. The summed E-state index contributed by atoms with van der Waals surface area (Å²) in [6.07, 6.45) is 0. The minimum absolute atomic E-state index is 0.0688. The summed E-state index contributed by atoms with van der Waals surface area (Å²) >= 11 is 1.34. The lowest BCUT2D eigenvalue weighted by Crippen LogP contribution is -2.15. The van der Waals surface area contributed by atoms with Crippen molar-refractivity contribution in [2.24, 2.45) is 0 Å². The van der Waals surface area contributed by atoms with Crippen molar-refractivity contribution in [2.45, 2.75) is 20.8 Å². The van der Waals surface area contributed by atoms with Crippen molar-refractivity contribution in [1.29, 1.82) is 0 Å². The van der Waals surface area contributed by atoms with Gasteiger partial charge in [0.05, 0.1) is 11.5 Å². The van der Waals surface area contributed by atoms with Gasteiger partial charge >= 0.3 is 0 Å². The van der Waals surface area contributed by atoms with E-state index in [1.54, 1.807) is 0 Å². The first-order chi connectivity index (χ1) is 11.0. The molecule has 1 N–H and O–H groups in total. The standard InChI is InChI=1S/C19H21NO2S/c1-13-5-8-16(9-6-13)20-19(22)12-23-11-18(21)17-10-14(2)4-7-15(17)3/h4-10H,11-12H2,1-3H3,(H,20,22). The van der Waals surface area contributed by atoms with Crippen LogP contribution in [0.25, 0.3) is 0 Å². The Bertz CT molecular complexity index is 708. The number of Topliss-reactive ketones (excluding diaryl/α,β-unsaturated/α-hetero) is 1. The van der Waals surface area contributed by atoms with Crippen LogP contribution in [0.1, 0.15) is 27.0 Å². The third-order valence-electron chi connectivity index (χ3n) is 3.50. The number of carbonyl (C=O) groups excluding carboxylic acids is 2. The molecule has 0 aromatic heterocycles. The summed E-state index contributed by atoms with van der Waals surface area (Å²) in [5.41, 5.74) is 4.72. The molecule has 0 saturated carbocycles. The van der Waals surface area contributed by atoms with E-state index in [0.717, 1.165) is 27.9 Å². The summed E-state index contributed by atoms with van der Waals surface area (Å²) in [7, 11) is 0. The Hall–Kier alpha value is -2.07. The molecule has 0 bridgehead atoms. The smallest absolute Gasteiger partial charge is 0.234 e. The van der Waals surface area contributed by atoms with Crippen LogP contribution in [0.5, 0.6) is 0 Å². The topological polar surface area (TPSA) is 46.2 Å². The molecule has 0 aliphatic rings. The summed E-state index contributed by atoms with van der Waals surface area (Å²) in [4.78, 5) is 24.1. The van der Waals surface area contributed by atoms with Crippen LogP contribution >= 0.6 is 11.8 Å². The minimum Gasteiger partial charge on any atom is -0.325 e. The molecule has 0 spiro atoms. The largest absolute Gasteiger partial charge is 0.325 e. The fourth-order valence-corrected chi connectivity index (χ4v) is 2.88. The third-order valence-corrected chi connectivity index (χ3v) is 4.43. The second kappa shape index (κ2) is 7.97. The Morgan fingerprint density at radius 3 is 2.26 bits per heavy atom. The monoisotopic (exact) mass is 327 g/mol. The molecule has 0 unspecified atom stereocenters. The molecule has 3 nitrogen and oxygen atoms in total. The van der Waals surface area contributed by atoms with Crippen LogP contribution in [0, 0.1) is 20.8 Å². The first-order valence-corrected chi connectivity index (χ1v) is 8.66. The Labute approximate surface area is 141 Å². The Kier molecular flexibility index (Phi) is 5.99. The SMILES string of the molecule is Cc1ccc(NC(=O)CSCC(=O)c2cc(C)ccc2C)cc1. The van der Waals surface area contributed by atoms with E-state index in [2.05, 4.69) is 5.32 Å². The molecule has 0 radical (unpaired) electrons. The van der Waals surface area contributed by atoms with E-state index in [0.29, 0.717) is 5.75 Å². The average Bonchev–Trinajstić information content (AvgIpc) is 2.52. The molecule has 0 fully saturated rings. The molecular weight excluding hydrogens is 306 g/mol. The molecule has 0 aliphatic heterocycles. The van der Waals surface area contributed by atoms with Gasteiger partial charge in [0, 0.05) is 11.3 Å². The number of hydrogen-bond donors (Lipinski definition) is 1. The van der Waals surface area contributed by atoms with Gasteiger partial charge in [-0.1, -0.05) is 35.4 Å². The van der Waals surface area contributed by atoms with Crippen LogP contribution in [0.15, 0.2) is 42.5 Å². The second-order valence-electron chi connectivity index (χ2n) is 5.65. The minimum atomic E-state index is -0.0902. The van der Waals surface area contributed by atoms with E-state index in [1.807, 2.05) is 63.2 Å². The van der Waals surface area contributed by atoms with Crippen molar-refractivity contribution in [3.8, 4) is 0 Å². The lowest BCUT2D eigenvalue weighted by Gasteiger charge is -2.07. The molecule has 0 heterocycles. The van der Waals surface area contributed by atoms with Gasteiger partial charge in [0.1, 0.15) is 0 Å². The van der Waals surface area contributed by atoms with Crippen molar-refractivity contribution < 1.29 is 9.59 Å². The molecule has 0 saturated heterocycles. The van der Waals surface area contributed by atoms with E-state index in [4.69, 9.17) is 0 Å². The van der Waals surface area contributed by atoms with Gasteiger partial charge in [0.15, 0.2) is 5.78 Å². The van der Waals surface area contributed by atoms with Gasteiger partial charge < -0.3 is 5.32 Å². The van der Waals surface area contributed by atoms with Crippen molar-refractivity contribution in [3.63, 3.8) is 0 Å². The number of aryl methyl sites for hydroxylation is 3. The first kappa shape index (κ1) is 17.3. The summed E-state index contributed by atoms with van der Waals surface area (Å²) in [6, 6.07) is 13.5. The molecule has 120 valence electrons. The Morgan fingerprint density at radius 1 is 0.913 bits per heavy atom. The van der Waals surface area contributed by atoms with E-state index < -0.39 is 0 Å². The maximum absolute atomic E-state index is 12.2. The van der Waals surface area contributed by atoms with E-state index >= 15 is 0 Å². The maximum atomic E-state index is 12.2. The van der Waals surface area contributed by atoms with E-state index in [1.165, 1.54) is 11.8 Å². The second-order valence-corrected chi connectivity index (χ2v) is 6.63. The van der Waals surface area contributed by atoms with Gasteiger partial charge in [-0.05, 0) is 44.5 Å². The maximum Gasteiger partial charge on any atom is 0.234 e. The zero-order chi connectivity index (χ0) is 16.8. The number of amides is 1. The van der Waals surface area contributed by atoms with E-state index in [9.17, 15) is 9.59 Å². The van der Waals surface area contributed by atoms with Crippen LogP contribution < -0.4 is 5.32 Å². The number of anilines is 1. The van der Waals surface area contributed by atoms with Gasteiger partial charge in [0.2, 0.25) is 5.91 Å². The van der Waals surface area contributed by atoms with Crippen molar-refractivity contribution in [2.75, 3.05) is 16.8 Å². The van der Waals surface area contributed by atoms with Crippen LogP contribution in [0.2, 0.25) is 0 Å². The highest BCUT2D eigenvalue weighted by Crippen LogP contribution is 2.15. The van der Waals surface area contributed by atoms with Crippen LogP contribution in [0.4, 0.5) is 5.69 Å². The molecule has 1 amide bonds. The lowest BCUT2D eigenvalue weighted by molar-refractivity contribution is -0.113. The molecule has 2 aromatic carbocycles. The Balaban J connectivity index is 1.82. The number of carbonyl (C=O) groups is 2. The molecule has 23 heavy (non-hydrogen) atoms. The number of ketones is 1. The summed E-state index contributed by atoms with van der Waals surface area (Å²) in [6.45, 7) is 5.90. The average molecular weight is 327 g/mol. The molecular formula is C19H21NO2S. The number of nitrogens with one attached hydrogen (secondary N) is 1. The van der Waals surface area contributed by atoms with Crippen molar-refractivity contribution >= 4 is 29.1 Å². The predicted octanol–water partition coefficient (Wildman–Crippen LogP) is 4.17. The van der Waals surface area contributed by atoms with Crippen LogP contribution in [-0.4, -0.2) is 23.2 Å². The van der Waals surface area contributed by atoms with Gasteiger partial charge in [-0.3, -0.25) is 9.59 Å². The quantitative estimate of drug-likeness (QED) is 0.810. The number of hydrogen-bond acceptors (Lipinski definition) is 3. The highest BCUT2D eigenvalue weighted by atomic mass is 32.2. The molecule has 2 rings (SSSR count). The zero-order valence-electron chi connectivity index (χ0n) is 13.7. The van der Waals surface area contributed by atoms with Crippen molar-refractivity contribution in [3.05, 3.63) is 64.7 Å². The fraction of sp³-hybridized carbons (Fsp3) is 0.263. The van der Waals surface area contributed by atoms with Gasteiger partial charge in [-0.25, -0.2) is 0 Å². The van der Waals surface area contributed by atoms with Gasteiger partial charge in [-0.15, -0.1) is 11.8 Å². The molecule has 2 aromatic rings. The Morgan fingerprint density at radius 2 is 1.57 bits per heavy atom. The molecule has 0 atom stereocenters. The molecule has 4 heteroatoms. The van der Waals surface area contributed by atoms with E-state index in [-0.39, 0.29) is 17.4 Å². The highest BCUT2D eigenvalue weighted by Gasteiger charge is 2.11.